The van der Waals surface area contributed by atoms with E-state index in [9.17, 15) is 13.2 Å². The Balaban J connectivity index is 1.63. The second-order valence-corrected chi connectivity index (χ2v) is 9.29. The Hall–Kier alpha value is -2.79. The Morgan fingerprint density at radius 3 is 2.55 bits per heavy atom. The van der Waals surface area contributed by atoms with Crippen LogP contribution in [0.1, 0.15) is 5.69 Å². The maximum absolute atomic E-state index is 12.8. The molecule has 0 atom stereocenters. The number of benzene rings is 2. The lowest BCUT2D eigenvalue weighted by atomic mass is 10.3. The molecule has 162 valence electrons. The SMILES string of the molecule is Cc1[nH]n(-c2cccc(Cl)c2)c(=O)c1N=Nc1cccc(S(=O)(=O)N2CCOCC2)c1. The van der Waals surface area contributed by atoms with E-state index in [4.69, 9.17) is 16.3 Å². The molecular formula is C20H20ClN5O4S. The highest BCUT2D eigenvalue weighted by molar-refractivity contribution is 7.89. The van der Waals surface area contributed by atoms with Crippen molar-refractivity contribution in [1.29, 1.82) is 0 Å². The van der Waals surface area contributed by atoms with E-state index >= 15 is 0 Å². The van der Waals surface area contributed by atoms with E-state index in [0.29, 0.717) is 48.4 Å². The smallest absolute Gasteiger partial charge is 0.299 e. The molecule has 0 spiro atoms. The number of nitrogens with zero attached hydrogens (tertiary/aromatic N) is 4. The molecule has 4 rings (SSSR count). The molecule has 0 unspecified atom stereocenters. The van der Waals surface area contributed by atoms with Gasteiger partial charge in [0.2, 0.25) is 10.0 Å². The lowest BCUT2D eigenvalue weighted by Crippen LogP contribution is -2.40. The molecule has 1 N–H and O–H groups in total. The van der Waals surface area contributed by atoms with Gasteiger partial charge in [-0.05, 0) is 43.3 Å². The number of aryl methyl sites for hydroxylation is 1. The van der Waals surface area contributed by atoms with Crippen LogP contribution in [-0.2, 0) is 14.8 Å². The highest BCUT2D eigenvalue weighted by Crippen LogP contribution is 2.24. The molecule has 1 fully saturated rings. The van der Waals surface area contributed by atoms with Gasteiger partial charge in [0.25, 0.3) is 5.56 Å². The summed E-state index contributed by atoms with van der Waals surface area (Å²) in [4.78, 5) is 12.9. The second-order valence-electron chi connectivity index (χ2n) is 6.92. The van der Waals surface area contributed by atoms with Crippen LogP contribution in [0.2, 0.25) is 5.02 Å². The van der Waals surface area contributed by atoms with Gasteiger partial charge in [0.1, 0.15) is 0 Å². The molecule has 1 aliphatic rings. The van der Waals surface area contributed by atoms with Gasteiger partial charge in [-0.3, -0.25) is 9.89 Å². The third kappa shape index (κ3) is 4.47. The maximum atomic E-state index is 12.8. The van der Waals surface area contributed by atoms with E-state index < -0.39 is 10.0 Å². The van der Waals surface area contributed by atoms with E-state index in [1.807, 2.05) is 0 Å². The molecule has 2 aromatic carbocycles. The molecule has 3 aromatic rings. The zero-order valence-electron chi connectivity index (χ0n) is 16.7. The predicted octanol–water partition coefficient (Wildman–Crippen LogP) is 3.56. The van der Waals surface area contributed by atoms with Crippen molar-refractivity contribution in [2.24, 2.45) is 10.2 Å². The number of halogens is 1. The fourth-order valence-electron chi connectivity index (χ4n) is 3.20. The number of rotatable bonds is 5. The third-order valence-electron chi connectivity index (χ3n) is 4.80. The minimum atomic E-state index is -3.65. The molecule has 11 heteroatoms. The molecular weight excluding hydrogens is 442 g/mol. The van der Waals surface area contributed by atoms with Crippen LogP contribution in [0.4, 0.5) is 11.4 Å². The number of ether oxygens (including phenoxy) is 1. The molecule has 0 saturated carbocycles. The minimum absolute atomic E-state index is 0.118. The Bertz CT molecular complexity index is 1290. The van der Waals surface area contributed by atoms with Crippen LogP contribution in [-0.4, -0.2) is 48.8 Å². The summed E-state index contributed by atoms with van der Waals surface area (Å²) in [6, 6.07) is 13.0. The summed E-state index contributed by atoms with van der Waals surface area (Å²) in [6.07, 6.45) is 0. The normalized spacial score (nSPS) is 15.5. The van der Waals surface area contributed by atoms with Crippen LogP contribution < -0.4 is 5.56 Å². The largest absolute Gasteiger partial charge is 0.379 e. The standard InChI is InChI=1S/C20H20ClN5O4S/c1-14-19(20(27)26(24-14)17-6-2-4-15(21)12-17)23-22-16-5-3-7-18(13-16)31(28,29)25-8-10-30-11-9-25/h2-7,12-13,24H,8-11H2,1H3. The number of aromatic nitrogens is 2. The molecule has 1 saturated heterocycles. The van der Waals surface area contributed by atoms with Crippen molar-refractivity contribution in [3.63, 3.8) is 0 Å². The summed E-state index contributed by atoms with van der Waals surface area (Å²) in [5.74, 6) is 0. The molecule has 31 heavy (non-hydrogen) atoms. The van der Waals surface area contributed by atoms with Crippen molar-refractivity contribution in [1.82, 2.24) is 14.1 Å². The number of azo groups is 1. The summed E-state index contributed by atoms with van der Waals surface area (Å²) >= 11 is 6.01. The van der Waals surface area contributed by atoms with Crippen LogP contribution in [0, 0.1) is 6.92 Å². The van der Waals surface area contributed by atoms with E-state index in [1.165, 1.54) is 21.1 Å². The Kier molecular flexibility index (Phi) is 6.05. The van der Waals surface area contributed by atoms with Gasteiger partial charge >= 0.3 is 0 Å². The Morgan fingerprint density at radius 2 is 1.81 bits per heavy atom. The maximum Gasteiger partial charge on any atom is 0.299 e. The fourth-order valence-corrected chi connectivity index (χ4v) is 4.84. The summed E-state index contributed by atoms with van der Waals surface area (Å²) < 4.78 is 33.6. The summed E-state index contributed by atoms with van der Waals surface area (Å²) in [6.45, 7) is 3.05. The summed E-state index contributed by atoms with van der Waals surface area (Å²) in [7, 11) is -3.65. The van der Waals surface area contributed by atoms with Crippen molar-refractivity contribution in [2.75, 3.05) is 26.3 Å². The van der Waals surface area contributed by atoms with Gasteiger partial charge in [0.05, 0.1) is 35.2 Å². The average Bonchev–Trinajstić information content (AvgIpc) is 3.06. The van der Waals surface area contributed by atoms with E-state index in [0.717, 1.165) is 0 Å². The van der Waals surface area contributed by atoms with Gasteiger partial charge in [-0.25, -0.2) is 13.1 Å². The lowest BCUT2D eigenvalue weighted by molar-refractivity contribution is 0.0730. The van der Waals surface area contributed by atoms with Crippen molar-refractivity contribution < 1.29 is 13.2 Å². The molecule has 0 radical (unpaired) electrons. The first-order chi connectivity index (χ1) is 14.9. The van der Waals surface area contributed by atoms with Crippen molar-refractivity contribution in [3.05, 3.63) is 69.6 Å². The van der Waals surface area contributed by atoms with Gasteiger partial charge < -0.3 is 4.74 Å². The number of nitrogens with one attached hydrogen (secondary N) is 1. The van der Waals surface area contributed by atoms with Crippen molar-refractivity contribution >= 4 is 33.0 Å². The predicted molar refractivity (Wildman–Crippen MR) is 116 cm³/mol. The number of hydrogen-bond acceptors (Lipinski definition) is 6. The van der Waals surface area contributed by atoms with E-state index in [2.05, 4.69) is 15.3 Å². The Morgan fingerprint density at radius 1 is 1.06 bits per heavy atom. The van der Waals surface area contributed by atoms with Crippen molar-refractivity contribution in [3.8, 4) is 5.69 Å². The first-order valence-electron chi connectivity index (χ1n) is 9.53. The highest BCUT2D eigenvalue weighted by atomic mass is 35.5. The van der Waals surface area contributed by atoms with Crippen LogP contribution in [0.15, 0.2) is 68.4 Å². The van der Waals surface area contributed by atoms with Crippen LogP contribution >= 0.6 is 11.6 Å². The summed E-state index contributed by atoms with van der Waals surface area (Å²) in [5, 5.41) is 11.6. The third-order valence-corrected chi connectivity index (χ3v) is 6.93. The highest BCUT2D eigenvalue weighted by Gasteiger charge is 2.26. The van der Waals surface area contributed by atoms with E-state index in [-0.39, 0.29) is 16.1 Å². The van der Waals surface area contributed by atoms with Gasteiger partial charge in [-0.15, -0.1) is 5.11 Å². The van der Waals surface area contributed by atoms with Crippen LogP contribution in [0.25, 0.3) is 5.69 Å². The first-order valence-corrected chi connectivity index (χ1v) is 11.4. The zero-order valence-corrected chi connectivity index (χ0v) is 18.2. The lowest BCUT2D eigenvalue weighted by Gasteiger charge is -2.26. The van der Waals surface area contributed by atoms with Gasteiger partial charge in [-0.1, -0.05) is 23.7 Å². The molecule has 2 heterocycles. The Labute approximate surface area is 184 Å². The number of sulfonamides is 1. The second kappa shape index (κ2) is 8.75. The van der Waals surface area contributed by atoms with Crippen LogP contribution in [0.3, 0.4) is 0 Å². The summed E-state index contributed by atoms with van der Waals surface area (Å²) in [5.41, 5.74) is 1.15. The molecule has 1 aromatic heterocycles. The molecule has 0 bridgehead atoms. The van der Waals surface area contributed by atoms with Gasteiger partial charge in [0.15, 0.2) is 5.69 Å². The first kappa shape index (κ1) is 21.4. The minimum Gasteiger partial charge on any atom is -0.379 e. The number of morpholine rings is 1. The fraction of sp³-hybridized carbons (Fsp3) is 0.250. The van der Waals surface area contributed by atoms with Crippen molar-refractivity contribution in [2.45, 2.75) is 11.8 Å². The molecule has 0 aliphatic carbocycles. The quantitative estimate of drug-likeness (QED) is 0.586. The topological polar surface area (TPSA) is 109 Å². The van der Waals surface area contributed by atoms with Crippen LogP contribution in [0.5, 0.6) is 0 Å². The zero-order chi connectivity index (χ0) is 22.0. The molecule has 9 nitrogen and oxygen atoms in total. The van der Waals surface area contributed by atoms with Gasteiger partial charge in [-0.2, -0.15) is 9.42 Å². The van der Waals surface area contributed by atoms with Gasteiger partial charge in [0, 0.05) is 18.1 Å². The van der Waals surface area contributed by atoms with E-state index in [1.54, 1.807) is 43.3 Å². The monoisotopic (exact) mass is 461 g/mol. The molecule has 0 amide bonds. The number of hydrogen-bond donors (Lipinski definition) is 1. The average molecular weight is 462 g/mol. The number of aromatic amines is 1. The molecule has 1 aliphatic heterocycles. The number of H-pyrrole nitrogens is 1.